The van der Waals surface area contributed by atoms with Gasteiger partial charge in [-0.05, 0) is 46.7 Å². The zero-order valence-corrected chi connectivity index (χ0v) is 19.3. The third-order valence-electron chi connectivity index (χ3n) is 3.39. The number of phenols is 1. The molecule has 0 aliphatic carbocycles. The molecule has 0 aromatic heterocycles. The first-order valence-electron chi connectivity index (χ1n) is 8.01. The number of hydrogen-bond donors (Lipinski definition) is 4. The number of aryl methyl sites for hydroxylation is 1. The number of carbonyl (C=O) groups is 2. The van der Waals surface area contributed by atoms with Crippen LogP contribution in [0.4, 0.5) is 5.69 Å². The monoisotopic (exact) mass is 565 g/mol. The van der Waals surface area contributed by atoms with Gasteiger partial charge in [-0.2, -0.15) is 0 Å². The zero-order chi connectivity index (χ0) is 21.3. The summed E-state index contributed by atoms with van der Waals surface area (Å²) in [5, 5.41) is 11.5. The Bertz CT molecular complexity index is 865. The van der Waals surface area contributed by atoms with Crippen LogP contribution in [0.15, 0.2) is 42.5 Å². The topological polar surface area (TPSA) is 133 Å². The summed E-state index contributed by atoms with van der Waals surface area (Å²) in [7, 11) is 1.41. The van der Waals surface area contributed by atoms with Gasteiger partial charge in [-0.15, -0.1) is 0 Å². The number of amides is 1. The molecule has 0 heterocycles. The van der Waals surface area contributed by atoms with Crippen LogP contribution in [0.2, 0.25) is 0 Å². The van der Waals surface area contributed by atoms with Gasteiger partial charge in [-0.3, -0.25) is 4.79 Å². The molecule has 0 fully saturated rings. The van der Waals surface area contributed by atoms with E-state index in [4.69, 9.17) is 8.19 Å². The molecule has 0 radical (unpaired) electrons. The van der Waals surface area contributed by atoms with Crippen molar-refractivity contribution < 1.29 is 31.4 Å². The molecule has 2 rings (SSSR count). The van der Waals surface area contributed by atoms with Gasteiger partial charge in [0.1, 0.15) is 0 Å². The Morgan fingerprint density at radius 2 is 1.75 bits per heavy atom. The SMILES string of the molecule is CC(=O)Nc1c(O)cccc1[As](=O)(O)O.COC(=O)CCc1ccc(I)cc1. The van der Waals surface area contributed by atoms with E-state index >= 15 is 0 Å². The third-order valence-corrected chi connectivity index (χ3v) is 6.21. The molecule has 2 aromatic carbocycles. The maximum atomic E-state index is 11.1. The molecule has 152 valence electrons. The summed E-state index contributed by atoms with van der Waals surface area (Å²) in [4.78, 5) is 21.6. The van der Waals surface area contributed by atoms with E-state index in [2.05, 4.69) is 32.6 Å². The molecule has 0 saturated heterocycles. The molecule has 0 bridgehead atoms. The minimum Gasteiger partial charge on any atom is -0.469 e. The Balaban J connectivity index is 0.000000283. The molecule has 0 aliphatic rings. The number of benzene rings is 2. The molecule has 4 N–H and O–H groups in total. The van der Waals surface area contributed by atoms with Gasteiger partial charge in [0, 0.05) is 9.99 Å². The minimum atomic E-state index is -5.14. The Morgan fingerprint density at radius 1 is 1.14 bits per heavy atom. The average Bonchev–Trinajstić information content (AvgIpc) is 2.62. The minimum absolute atomic E-state index is 0.154. The van der Waals surface area contributed by atoms with Crippen LogP contribution < -0.4 is 9.67 Å². The van der Waals surface area contributed by atoms with Crippen molar-refractivity contribution in [1.29, 1.82) is 0 Å². The van der Waals surface area contributed by atoms with E-state index in [0.29, 0.717) is 6.42 Å². The van der Waals surface area contributed by atoms with E-state index < -0.39 is 20.1 Å². The molecule has 8 nitrogen and oxygen atoms in total. The largest absolute Gasteiger partial charge is 0.469 e. The van der Waals surface area contributed by atoms with E-state index in [1.807, 2.05) is 24.3 Å². The molecular weight excluding hydrogens is 544 g/mol. The summed E-state index contributed by atoms with van der Waals surface area (Å²) in [6, 6.07) is 11.8. The summed E-state index contributed by atoms with van der Waals surface area (Å²) in [5.41, 5.74) is 0.948. The summed E-state index contributed by atoms with van der Waals surface area (Å²) < 4.78 is 34.5. The Morgan fingerprint density at radius 3 is 2.25 bits per heavy atom. The maximum Gasteiger partial charge on any atom is 0.305 e. The second-order valence-electron chi connectivity index (χ2n) is 5.60. The number of para-hydroxylation sites is 1. The summed E-state index contributed by atoms with van der Waals surface area (Å²) >= 11 is -2.89. The predicted molar refractivity (Wildman–Crippen MR) is 112 cm³/mol. The van der Waals surface area contributed by atoms with Crippen molar-refractivity contribution in [2.24, 2.45) is 0 Å². The first-order valence-corrected chi connectivity index (χ1v) is 12.5. The Kier molecular flexibility index (Phi) is 9.74. The van der Waals surface area contributed by atoms with Crippen LogP contribution in [-0.2, 0) is 24.5 Å². The normalized spacial score (nSPS) is 10.5. The molecule has 0 atom stereocenters. The van der Waals surface area contributed by atoms with Crippen LogP contribution in [-0.4, -0.2) is 46.5 Å². The first-order chi connectivity index (χ1) is 13.0. The quantitative estimate of drug-likeness (QED) is 0.186. The number of ether oxygens (including phenoxy) is 1. The molecule has 1 amide bonds. The standard InChI is InChI=1S/C10H11IO2.C8H10AsNO5/c1-13-10(12)7-4-8-2-5-9(11)6-3-8;1-5(11)10-8-6(9(13,14)15)3-2-4-7(8)12/h2-3,5-6H,4,7H2,1H3;2-4,12H,1H3,(H,10,11)(H2,13,14,15). The van der Waals surface area contributed by atoms with Crippen molar-refractivity contribution in [3.63, 3.8) is 0 Å². The number of halogens is 1. The van der Waals surface area contributed by atoms with Gasteiger partial charge in [-0.1, -0.05) is 12.1 Å². The smallest absolute Gasteiger partial charge is 0.305 e. The van der Waals surface area contributed by atoms with Crippen LogP contribution in [0.3, 0.4) is 0 Å². The molecule has 0 saturated carbocycles. The van der Waals surface area contributed by atoms with Crippen molar-refractivity contribution in [2.45, 2.75) is 19.8 Å². The van der Waals surface area contributed by atoms with E-state index in [1.165, 1.54) is 41.4 Å². The number of methoxy groups -OCH3 is 1. The first kappa shape index (κ1) is 24.2. The molecule has 2 aromatic rings. The average molecular weight is 565 g/mol. The fraction of sp³-hybridized carbons (Fsp3) is 0.222. The second kappa shape index (κ2) is 11.3. The molecular formula is C18H21AsINO7. The number of esters is 1. The number of anilines is 1. The molecule has 0 aliphatic heterocycles. The van der Waals surface area contributed by atoms with Crippen LogP contribution >= 0.6 is 22.6 Å². The Labute approximate surface area is 179 Å². The summed E-state index contributed by atoms with van der Waals surface area (Å²) in [6.45, 7) is 1.18. The van der Waals surface area contributed by atoms with E-state index in [-0.39, 0.29) is 21.8 Å². The molecule has 10 heteroatoms. The van der Waals surface area contributed by atoms with Gasteiger partial charge in [0.05, 0.1) is 7.11 Å². The van der Waals surface area contributed by atoms with Gasteiger partial charge in [0.25, 0.3) is 0 Å². The van der Waals surface area contributed by atoms with Crippen molar-refractivity contribution in [2.75, 3.05) is 12.4 Å². The van der Waals surface area contributed by atoms with Gasteiger partial charge in [0.2, 0.25) is 0 Å². The number of aromatic hydroxyl groups is 1. The van der Waals surface area contributed by atoms with Crippen molar-refractivity contribution in [3.05, 3.63) is 51.6 Å². The third kappa shape index (κ3) is 8.47. The van der Waals surface area contributed by atoms with Crippen molar-refractivity contribution >= 4 is 58.7 Å². The van der Waals surface area contributed by atoms with Gasteiger partial charge >= 0.3 is 94.1 Å². The van der Waals surface area contributed by atoms with Gasteiger partial charge in [-0.25, -0.2) is 0 Å². The number of carbonyl (C=O) groups excluding carboxylic acids is 2. The number of hydrogen-bond acceptors (Lipinski definition) is 5. The number of nitrogens with one attached hydrogen (secondary N) is 1. The second-order valence-corrected chi connectivity index (χ2v) is 10.1. The molecule has 28 heavy (non-hydrogen) atoms. The fourth-order valence-corrected chi connectivity index (χ4v) is 3.99. The van der Waals surface area contributed by atoms with Crippen LogP contribution in [0.5, 0.6) is 5.75 Å². The summed E-state index contributed by atoms with van der Waals surface area (Å²) in [6.07, 6.45) is 1.21. The van der Waals surface area contributed by atoms with Crippen molar-refractivity contribution in [1.82, 2.24) is 0 Å². The van der Waals surface area contributed by atoms with Gasteiger partial charge < -0.3 is 4.74 Å². The Hall–Kier alpha value is -1.81. The van der Waals surface area contributed by atoms with Gasteiger partial charge in [0.15, 0.2) is 0 Å². The van der Waals surface area contributed by atoms with E-state index in [1.54, 1.807) is 0 Å². The van der Waals surface area contributed by atoms with E-state index in [9.17, 15) is 18.4 Å². The molecule has 0 unspecified atom stereocenters. The van der Waals surface area contributed by atoms with E-state index in [0.717, 1.165) is 6.42 Å². The van der Waals surface area contributed by atoms with Crippen LogP contribution in [0.1, 0.15) is 18.9 Å². The fourth-order valence-electron chi connectivity index (χ4n) is 2.07. The predicted octanol–water partition coefficient (Wildman–Crippen LogP) is 1.31. The zero-order valence-electron chi connectivity index (χ0n) is 15.3. The maximum absolute atomic E-state index is 11.1. The number of rotatable bonds is 5. The van der Waals surface area contributed by atoms with Crippen LogP contribution in [0, 0.1) is 3.57 Å². The summed E-state index contributed by atoms with van der Waals surface area (Å²) in [5.74, 6) is -1.03. The number of phenolic OH excluding ortho intramolecular Hbond substituents is 1. The molecule has 0 spiro atoms. The van der Waals surface area contributed by atoms with Crippen LogP contribution in [0.25, 0.3) is 0 Å². The van der Waals surface area contributed by atoms with Crippen molar-refractivity contribution in [3.8, 4) is 5.75 Å².